The van der Waals surface area contributed by atoms with Crippen LogP contribution in [0.2, 0.25) is 0 Å². The lowest BCUT2D eigenvalue weighted by molar-refractivity contribution is -0.138. The van der Waals surface area contributed by atoms with E-state index in [4.69, 9.17) is 0 Å². The summed E-state index contributed by atoms with van der Waals surface area (Å²) >= 11 is 0. The Balaban J connectivity index is 1.96. The van der Waals surface area contributed by atoms with Crippen LogP contribution in [0, 0.1) is 12.8 Å². The van der Waals surface area contributed by atoms with Gasteiger partial charge in [-0.25, -0.2) is 8.42 Å². The van der Waals surface area contributed by atoms with E-state index in [2.05, 4.69) is 0 Å². The SMILES string of the molecule is CCc1ccc([C@H]2[C@H](C(=O)O)[C@@H]2S(=O)(=O)c2ccc(C)cc2)cc1. The van der Waals surface area contributed by atoms with E-state index in [9.17, 15) is 18.3 Å². The molecule has 4 nitrogen and oxygen atoms in total. The van der Waals surface area contributed by atoms with E-state index >= 15 is 0 Å². The molecule has 1 N–H and O–H groups in total. The predicted octanol–water partition coefficient (Wildman–Crippen LogP) is 3.20. The number of carbonyl (C=O) groups is 1. The van der Waals surface area contributed by atoms with E-state index < -0.39 is 32.9 Å². The fraction of sp³-hybridized carbons (Fsp3) is 0.316. The number of sulfone groups is 1. The molecule has 2 aromatic rings. The summed E-state index contributed by atoms with van der Waals surface area (Å²) in [5.41, 5.74) is 2.88. The number of benzene rings is 2. The van der Waals surface area contributed by atoms with E-state index in [0.717, 1.165) is 23.1 Å². The van der Waals surface area contributed by atoms with E-state index in [0.29, 0.717) is 0 Å². The Morgan fingerprint density at radius 3 is 2.12 bits per heavy atom. The van der Waals surface area contributed by atoms with Crippen LogP contribution >= 0.6 is 0 Å². The molecule has 0 aliphatic heterocycles. The van der Waals surface area contributed by atoms with Crippen molar-refractivity contribution in [2.45, 2.75) is 36.3 Å². The van der Waals surface area contributed by atoms with Crippen LogP contribution in [0.25, 0.3) is 0 Å². The highest BCUT2D eigenvalue weighted by Gasteiger charge is 2.63. The standard InChI is InChI=1S/C19H20O4S/c1-3-13-6-8-14(9-7-13)16-17(19(20)21)18(16)24(22,23)15-10-4-12(2)5-11-15/h4-11,16-18H,3H2,1-2H3,(H,20,21)/t16-,17-,18+/m0/s1. The van der Waals surface area contributed by atoms with Crippen molar-refractivity contribution >= 4 is 15.8 Å². The van der Waals surface area contributed by atoms with Crippen LogP contribution in [-0.4, -0.2) is 24.7 Å². The molecule has 3 atom stereocenters. The van der Waals surface area contributed by atoms with E-state index in [1.807, 2.05) is 38.1 Å². The minimum Gasteiger partial charge on any atom is -0.481 e. The molecule has 1 fully saturated rings. The summed E-state index contributed by atoms with van der Waals surface area (Å²) in [6, 6.07) is 14.1. The Bertz CT molecular complexity index is 851. The van der Waals surface area contributed by atoms with Gasteiger partial charge >= 0.3 is 5.97 Å². The Hall–Kier alpha value is -2.14. The molecule has 0 spiro atoms. The zero-order valence-electron chi connectivity index (χ0n) is 13.6. The number of aliphatic carboxylic acids is 1. The van der Waals surface area contributed by atoms with Crippen LogP contribution in [-0.2, 0) is 21.1 Å². The summed E-state index contributed by atoms with van der Waals surface area (Å²) in [6.07, 6.45) is 0.887. The van der Waals surface area contributed by atoms with Crippen molar-refractivity contribution in [3.63, 3.8) is 0 Å². The van der Waals surface area contributed by atoms with Crippen LogP contribution in [0.15, 0.2) is 53.4 Å². The molecule has 126 valence electrons. The molecule has 0 saturated heterocycles. The van der Waals surface area contributed by atoms with Crippen LogP contribution in [0.1, 0.15) is 29.5 Å². The van der Waals surface area contributed by atoms with Crippen LogP contribution in [0.4, 0.5) is 0 Å². The molecule has 0 aromatic heterocycles. The van der Waals surface area contributed by atoms with Crippen LogP contribution in [0.5, 0.6) is 0 Å². The lowest BCUT2D eigenvalue weighted by Crippen LogP contribution is -2.13. The smallest absolute Gasteiger partial charge is 0.308 e. The fourth-order valence-electron chi connectivity index (χ4n) is 3.22. The Morgan fingerprint density at radius 2 is 1.62 bits per heavy atom. The molecule has 1 aliphatic rings. The second-order valence-corrected chi connectivity index (χ2v) is 8.41. The van der Waals surface area contributed by atoms with Gasteiger partial charge in [0.1, 0.15) is 0 Å². The highest BCUT2D eigenvalue weighted by atomic mass is 32.2. The summed E-state index contributed by atoms with van der Waals surface area (Å²) < 4.78 is 25.7. The molecule has 0 amide bonds. The Labute approximate surface area is 142 Å². The van der Waals surface area contributed by atoms with Crippen LogP contribution in [0.3, 0.4) is 0 Å². The first kappa shape index (κ1) is 16.7. The molecule has 3 rings (SSSR count). The first-order chi connectivity index (χ1) is 11.4. The maximum Gasteiger partial charge on any atom is 0.308 e. The van der Waals surface area contributed by atoms with Gasteiger partial charge in [0.2, 0.25) is 0 Å². The van der Waals surface area contributed by atoms with Crippen LogP contribution < -0.4 is 0 Å². The molecule has 24 heavy (non-hydrogen) atoms. The second kappa shape index (κ2) is 6.06. The highest BCUT2D eigenvalue weighted by Crippen LogP contribution is 2.54. The van der Waals surface area contributed by atoms with Crippen molar-refractivity contribution in [3.8, 4) is 0 Å². The van der Waals surface area contributed by atoms with Crippen molar-refractivity contribution in [2.24, 2.45) is 5.92 Å². The average molecular weight is 344 g/mol. The summed E-state index contributed by atoms with van der Waals surface area (Å²) in [4.78, 5) is 11.7. The minimum atomic E-state index is -3.67. The van der Waals surface area contributed by atoms with Gasteiger partial charge in [0.25, 0.3) is 0 Å². The number of aryl methyl sites for hydroxylation is 2. The van der Waals surface area contributed by atoms with E-state index in [-0.39, 0.29) is 4.90 Å². The first-order valence-corrected chi connectivity index (χ1v) is 9.53. The fourth-order valence-corrected chi connectivity index (χ4v) is 5.34. The van der Waals surface area contributed by atoms with Gasteiger partial charge in [-0.05, 0) is 36.6 Å². The monoisotopic (exact) mass is 344 g/mol. The van der Waals surface area contributed by atoms with Gasteiger partial charge < -0.3 is 5.11 Å². The molecule has 0 unspecified atom stereocenters. The molecule has 0 heterocycles. The molecule has 5 heteroatoms. The van der Waals surface area contributed by atoms with Gasteiger partial charge in [0, 0.05) is 5.92 Å². The zero-order valence-corrected chi connectivity index (χ0v) is 14.5. The van der Waals surface area contributed by atoms with Gasteiger partial charge in [0.15, 0.2) is 9.84 Å². The summed E-state index contributed by atoms with van der Waals surface area (Å²) in [5.74, 6) is -2.43. The maximum absolute atomic E-state index is 12.9. The normalized spacial score (nSPS) is 23.0. The van der Waals surface area contributed by atoms with Gasteiger partial charge in [-0.15, -0.1) is 0 Å². The third-order valence-electron chi connectivity index (χ3n) is 4.72. The molecule has 1 saturated carbocycles. The topological polar surface area (TPSA) is 71.4 Å². The van der Waals surface area contributed by atoms with E-state index in [1.165, 1.54) is 0 Å². The molecular formula is C19H20O4S. The highest BCUT2D eigenvalue weighted by molar-refractivity contribution is 7.92. The van der Waals surface area contributed by atoms with Gasteiger partial charge in [-0.2, -0.15) is 0 Å². The molecule has 0 bridgehead atoms. The third-order valence-corrected chi connectivity index (χ3v) is 6.95. The van der Waals surface area contributed by atoms with Crippen molar-refractivity contribution in [2.75, 3.05) is 0 Å². The largest absolute Gasteiger partial charge is 0.481 e. The average Bonchev–Trinajstić information content (AvgIpc) is 3.32. The van der Waals surface area contributed by atoms with Gasteiger partial charge in [-0.1, -0.05) is 48.9 Å². The van der Waals surface area contributed by atoms with E-state index in [1.54, 1.807) is 24.3 Å². The maximum atomic E-state index is 12.9. The van der Waals surface area contributed by atoms with Crippen molar-refractivity contribution < 1.29 is 18.3 Å². The van der Waals surface area contributed by atoms with Crippen molar-refractivity contribution in [3.05, 3.63) is 65.2 Å². The third kappa shape index (κ3) is 2.84. The Kier molecular flexibility index (Phi) is 4.22. The molecule has 0 radical (unpaired) electrons. The lowest BCUT2D eigenvalue weighted by atomic mass is 10.1. The molecule has 1 aliphatic carbocycles. The first-order valence-electron chi connectivity index (χ1n) is 7.98. The molecular weight excluding hydrogens is 324 g/mol. The minimum absolute atomic E-state index is 0.192. The summed E-state index contributed by atoms with van der Waals surface area (Å²) in [6.45, 7) is 3.92. The molecule has 2 aromatic carbocycles. The number of hydrogen-bond acceptors (Lipinski definition) is 3. The number of carboxylic acid groups (broad SMARTS) is 1. The Morgan fingerprint density at radius 1 is 1.04 bits per heavy atom. The zero-order chi connectivity index (χ0) is 17.5. The van der Waals surface area contributed by atoms with Crippen molar-refractivity contribution in [1.29, 1.82) is 0 Å². The number of rotatable bonds is 5. The number of carboxylic acids is 1. The second-order valence-electron chi connectivity index (χ2n) is 6.31. The number of hydrogen-bond donors (Lipinski definition) is 1. The summed E-state index contributed by atoms with van der Waals surface area (Å²) in [5, 5.41) is 8.55. The van der Waals surface area contributed by atoms with Gasteiger partial charge in [0.05, 0.1) is 16.1 Å². The lowest BCUT2D eigenvalue weighted by Gasteiger charge is -2.05. The van der Waals surface area contributed by atoms with Crippen molar-refractivity contribution in [1.82, 2.24) is 0 Å². The quantitative estimate of drug-likeness (QED) is 0.904. The van der Waals surface area contributed by atoms with Gasteiger partial charge in [-0.3, -0.25) is 4.79 Å². The summed E-state index contributed by atoms with van der Waals surface area (Å²) in [7, 11) is -3.67. The predicted molar refractivity (Wildman–Crippen MR) is 91.8 cm³/mol.